The second kappa shape index (κ2) is 11.5. The highest BCUT2D eigenvalue weighted by atomic mass is 32.1. The number of hydrogen-bond acceptors (Lipinski definition) is 6. The predicted octanol–water partition coefficient (Wildman–Crippen LogP) is 6.35. The molecule has 7 heteroatoms. The van der Waals surface area contributed by atoms with Crippen molar-refractivity contribution in [2.75, 3.05) is 37.5 Å². The summed E-state index contributed by atoms with van der Waals surface area (Å²) in [4.78, 5) is 1.83. The van der Waals surface area contributed by atoms with Crippen molar-refractivity contribution in [1.29, 1.82) is 0 Å². The van der Waals surface area contributed by atoms with Crippen molar-refractivity contribution in [3.63, 3.8) is 0 Å². The molecule has 0 radical (unpaired) electrons. The Bertz CT molecular complexity index is 1010. The molecule has 0 aliphatic carbocycles. The minimum absolute atomic E-state index is 0.0771. The number of hydrogen-bond donors (Lipinski definition) is 1. The Balaban J connectivity index is 1.55. The van der Waals surface area contributed by atoms with E-state index in [0.29, 0.717) is 24.1 Å². The van der Waals surface area contributed by atoms with Crippen LogP contribution in [-0.2, 0) is 10.2 Å². The van der Waals surface area contributed by atoms with Crippen LogP contribution in [0, 0.1) is 0 Å². The molecule has 33 heavy (non-hydrogen) atoms. The van der Waals surface area contributed by atoms with Gasteiger partial charge >= 0.3 is 0 Å². The quantitative estimate of drug-likeness (QED) is 0.357. The fourth-order valence-electron chi connectivity index (χ4n) is 3.08. The lowest BCUT2D eigenvalue weighted by molar-refractivity contribution is 0.0673. The Labute approximate surface area is 206 Å². The average molecular weight is 485 g/mol. The number of anilines is 2. The molecular formula is C26H32N2O3S2. The van der Waals surface area contributed by atoms with Gasteiger partial charge in [0.25, 0.3) is 5.17 Å². The molecule has 3 rings (SSSR count). The molecule has 0 amide bonds. The lowest BCUT2D eigenvalue weighted by Gasteiger charge is -2.22. The summed E-state index contributed by atoms with van der Waals surface area (Å²) < 4.78 is 17.4. The number of rotatable bonds is 9. The molecular weight excluding hydrogens is 452 g/mol. The maximum Gasteiger partial charge on any atom is 0.269 e. The van der Waals surface area contributed by atoms with E-state index >= 15 is 0 Å². The van der Waals surface area contributed by atoms with Crippen LogP contribution in [0.3, 0.4) is 0 Å². The summed E-state index contributed by atoms with van der Waals surface area (Å²) in [6.07, 6.45) is -0.0771. The molecule has 2 aromatic carbocycles. The van der Waals surface area contributed by atoms with E-state index in [2.05, 4.69) is 43.6 Å². The summed E-state index contributed by atoms with van der Waals surface area (Å²) in [5.74, 6) is 1.46. The third-order valence-electron chi connectivity index (χ3n) is 5.23. The van der Waals surface area contributed by atoms with Gasteiger partial charge in [-0.2, -0.15) is 11.3 Å². The fourth-order valence-corrected chi connectivity index (χ4v) is 3.89. The van der Waals surface area contributed by atoms with E-state index in [4.69, 9.17) is 26.4 Å². The second-order valence-electron chi connectivity index (χ2n) is 8.76. The normalized spacial score (nSPS) is 12.2. The number of benzene rings is 2. The highest BCUT2D eigenvalue weighted by Crippen LogP contribution is 2.26. The first kappa shape index (κ1) is 25.0. The van der Waals surface area contributed by atoms with Gasteiger partial charge in [0.2, 0.25) is 0 Å². The highest BCUT2D eigenvalue weighted by molar-refractivity contribution is 7.80. The summed E-state index contributed by atoms with van der Waals surface area (Å²) in [5.41, 5.74) is 3.32. The van der Waals surface area contributed by atoms with E-state index < -0.39 is 0 Å². The molecule has 0 aliphatic rings. The molecule has 0 bridgehead atoms. The Morgan fingerprint density at radius 3 is 2.48 bits per heavy atom. The maximum absolute atomic E-state index is 5.99. The van der Waals surface area contributed by atoms with E-state index in [1.54, 1.807) is 18.4 Å². The van der Waals surface area contributed by atoms with Gasteiger partial charge < -0.3 is 24.4 Å². The average Bonchev–Trinajstić information content (AvgIpc) is 3.32. The first-order chi connectivity index (χ1) is 15.8. The van der Waals surface area contributed by atoms with Crippen molar-refractivity contribution in [3.8, 4) is 11.5 Å². The van der Waals surface area contributed by atoms with Crippen molar-refractivity contribution in [1.82, 2.24) is 0 Å². The fraction of sp³-hybridized carbons (Fsp3) is 0.346. The van der Waals surface area contributed by atoms with Gasteiger partial charge in [0.05, 0.1) is 0 Å². The summed E-state index contributed by atoms with van der Waals surface area (Å²) >= 11 is 7.18. The minimum Gasteiger partial charge on any atom is -0.491 e. The number of nitrogens with zero attached hydrogens (tertiary/aromatic N) is 1. The minimum atomic E-state index is -0.0771. The molecule has 0 saturated heterocycles. The largest absolute Gasteiger partial charge is 0.491 e. The van der Waals surface area contributed by atoms with Gasteiger partial charge in [-0.1, -0.05) is 39.0 Å². The molecule has 3 aromatic rings. The number of methoxy groups -OCH3 is 1. The van der Waals surface area contributed by atoms with Gasteiger partial charge in [-0.05, 0) is 58.9 Å². The smallest absolute Gasteiger partial charge is 0.269 e. The van der Waals surface area contributed by atoms with Crippen LogP contribution in [0.5, 0.6) is 11.5 Å². The van der Waals surface area contributed by atoms with Crippen LogP contribution < -0.4 is 19.7 Å². The number of ether oxygens (including phenoxy) is 3. The van der Waals surface area contributed by atoms with Gasteiger partial charge in [-0.25, -0.2) is 0 Å². The summed E-state index contributed by atoms with van der Waals surface area (Å²) in [6.45, 7) is 7.66. The predicted molar refractivity (Wildman–Crippen MR) is 142 cm³/mol. The van der Waals surface area contributed by atoms with Gasteiger partial charge in [0.1, 0.15) is 24.2 Å². The van der Waals surface area contributed by atoms with Crippen molar-refractivity contribution >= 4 is 40.1 Å². The van der Waals surface area contributed by atoms with Crippen LogP contribution in [0.4, 0.5) is 11.4 Å². The Morgan fingerprint density at radius 2 is 1.85 bits per heavy atom. The lowest BCUT2D eigenvalue weighted by Crippen LogP contribution is -2.29. The van der Waals surface area contributed by atoms with E-state index in [9.17, 15) is 0 Å². The molecule has 0 saturated carbocycles. The van der Waals surface area contributed by atoms with E-state index in [1.165, 1.54) is 5.56 Å². The number of nitrogens with one attached hydrogen (secondary N) is 1. The second-order valence-corrected chi connectivity index (χ2v) is 9.89. The highest BCUT2D eigenvalue weighted by Gasteiger charge is 2.15. The molecule has 5 nitrogen and oxygen atoms in total. The van der Waals surface area contributed by atoms with Crippen molar-refractivity contribution in [2.24, 2.45) is 0 Å². The molecule has 1 N–H and O–H groups in total. The molecule has 176 valence electrons. The SMILES string of the molecule is COC(CNc1ccsc1)COc1cccc(N(C)C(=S)Oc2ccc(C(C)(C)C)cc2)c1. The summed E-state index contributed by atoms with van der Waals surface area (Å²) in [7, 11) is 3.57. The van der Waals surface area contributed by atoms with Crippen molar-refractivity contribution in [2.45, 2.75) is 32.3 Å². The zero-order chi connectivity index (χ0) is 23.8. The summed E-state index contributed by atoms with van der Waals surface area (Å²) in [6, 6.07) is 17.9. The van der Waals surface area contributed by atoms with E-state index in [-0.39, 0.29) is 11.5 Å². The van der Waals surface area contributed by atoms with Crippen molar-refractivity contribution < 1.29 is 14.2 Å². The van der Waals surface area contributed by atoms with Crippen LogP contribution in [0.1, 0.15) is 26.3 Å². The molecule has 0 spiro atoms. The van der Waals surface area contributed by atoms with Crippen LogP contribution >= 0.6 is 23.6 Å². The number of thiophene rings is 1. The molecule has 0 fully saturated rings. The molecule has 1 heterocycles. The van der Waals surface area contributed by atoms with Crippen LogP contribution in [0.25, 0.3) is 0 Å². The Morgan fingerprint density at radius 1 is 1.09 bits per heavy atom. The van der Waals surface area contributed by atoms with Gasteiger partial charge in [-0.15, -0.1) is 0 Å². The maximum atomic E-state index is 5.99. The Hall–Kier alpha value is -2.61. The zero-order valence-corrected chi connectivity index (χ0v) is 21.5. The number of thiocarbonyl (C=S) groups is 1. The third-order valence-corrected chi connectivity index (χ3v) is 6.27. The van der Waals surface area contributed by atoms with Gasteiger partial charge in [0, 0.05) is 43.5 Å². The Kier molecular flexibility index (Phi) is 8.72. The van der Waals surface area contributed by atoms with Crippen LogP contribution in [0.2, 0.25) is 0 Å². The zero-order valence-electron chi connectivity index (χ0n) is 19.8. The first-order valence-electron chi connectivity index (χ1n) is 10.8. The van der Waals surface area contributed by atoms with Crippen molar-refractivity contribution in [3.05, 3.63) is 70.9 Å². The molecule has 1 aromatic heterocycles. The third kappa shape index (κ3) is 7.45. The van der Waals surface area contributed by atoms with Gasteiger partial charge in [0.15, 0.2) is 0 Å². The topological polar surface area (TPSA) is 43.0 Å². The molecule has 0 aliphatic heterocycles. The standard InChI is InChI=1S/C26H32N2O3S2/c1-26(2,3)19-9-11-22(12-10-19)31-25(32)28(4)21-7-6-8-23(15-21)30-17-24(29-5)16-27-20-13-14-33-18-20/h6-15,18,24,27H,16-17H2,1-5H3. The van der Waals surface area contributed by atoms with E-state index in [1.807, 2.05) is 59.8 Å². The first-order valence-corrected chi connectivity index (χ1v) is 12.2. The monoisotopic (exact) mass is 484 g/mol. The van der Waals surface area contributed by atoms with Crippen LogP contribution in [-0.4, -0.2) is 38.6 Å². The molecule has 1 unspecified atom stereocenters. The molecule has 1 atom stereocenters. The summed E-state index contributed by atoms with van der Waals surface area (Å²) in [5, 5.41) is 7.83. The van der Waals surface area contributed by atoms with Crippen LogP contribution in [0.15, 0.2) is 65.4 Å². The van der Waals surface area contributed by atoms with E-state index in [0.717, 1.165) is 17.1 Å². The lowest BCUT2D eigenvalue weighted by atomic mass is 9.87. The van der Waals surface area contributed by atoms with Gasteiger partial charge in [-0.3, -0.25) is 0 Å².